The van der Waals surface area contributed by atoms with Crippen LogP contribution in [0, 0.1) is 12.8 Å². The summed E-state index contributed by atoms with van der Waals surface area (Å²) < 4.78 is 43.0. The number of thiophene rings is 1. The highest BCUT2D eigenvalue weighted by molar-refractivity contribution is 7.17. The number of carbonyl (C=O) groups excluding carboxylic acids is 1. The quantitative estimate of drug-likeness (QED) is 0.867. The summed E-state index contributed by atoms with van der Waals surface area (Å²) >= 11 is 1.14. The second-order valence-corrected chi connectivity index (χ2v) is 7.55. The lowest BCUT2D eigenvalue weighted by Gasteiger charge is -2.32. The molecule has 9 heteroatoms. The minimum Gasteiger partial charge on any atom is -0.351 e. The molecule has 2 aromatic rings. The van der Waals surface area contributed by atoms with E-state index in [-0.39, 0.29) is 17.2 Å². The highest BCUT2D eigenvalue weighted by Crippen LogP contribution is 2.38. The smallest absolute Gasteiger partial charge is 0.351 e. The summed E-state index contributed by atoms with van der Waals surface area (Å²) in [4.78, 5) is 15.5. The summed E-state index contributed by atoms with van der Waals surface area (Å²) in [5, 5.41) is 6.69. The van der Waals surface area contributed by atoms with Crippen molar-refractivity contribution in [3.8, 4) is 10.6 Å². The van der Waals surface area contributed by atoms with Crippen LogP contribution in [0.3, 0.4) is 0 Å². The molecule has 0 aliphatic carbocycles. The van der Waals surface area contributed by atoms with Crippen LogP contribution in [-0.4, -0.2) is 42.6 Å². The Kier molecular flexibility index (Phi) is 5.38. The lowest BCUT2D eigenvalue weighted by Crippen LogP contribution is -2.42. The minimum absolute atomic E-state index is 0.0644. The van der Waals surface area contributed by atoms with Crippen LogP contribution in [0.4, 0.5) is 13.2 Å². The zero-order valence-electron chi connectivity index (χ0n) is 14.5. The summed E-state index contributed by atoms with van der Waals surface area (Å²) in [6.45, 7) is 3.57. The molecular weight excluding hydrogens is 367 g/mol. The third-order valence-corrected chi connectivity index (χ3v) is 5.61. The van der Waals surface area contributed by atoms with E-state index >= 15 is 0 Å². The number of nitrogens with one attached hydrogen (secondary N) is 1. The van der Waals surface area contributed by atoms with E-state index in [1.165, 1.54) is 6.92 Å². The summed E-state index contributed by atoms with van der Waals surface area (Å²) in [5.74, 6) is -0.761. The van der Waals surface area contributed by atoms with Crippen LogP contribution in [0.1, 0.15) is 33.8 Å². The topological polar surface area (TPSA) is 58.4 Å². The molecule has 0 radical (unpaired) electrons. The number of aromatic nitrogens is 1. The van der Waals surface area contributed by atoms with Crippen molar-refractivity contribution in [2.24, 2.45) is 5.92 Å². The first-order valence-electron chi connectivity index (χ1n) is 8.38. The van der Waals surface area contributed by atoms with Crippen molar-refractivity contribution in [2.75, 3.05) is 26.7 Å². The first-order valence-corrected chi connectivity index (χ1v) is 9.20. The first kappa shape index (κ1) is 18.9. The molecule has 3 heterocycles. The third-order valence-electron chi connectivity index (χ3n) is 4.53. The van der Waals surface area contributed by atoms with Gasteiger partial charge in [0.15, 0.2) is 0 Å². The molecule has 1 aliphatic heterocycles. The van der Waals surface area contributed by atoms with Crippen LogP contribution in [0.5, 0.6) is 0 Å². The van der Waals surface area contributed by atoms with Gasteiger partial charge in [0, 0.05) is 18.7 Å². The Morgan fingerprint density at radius 3 is 2.88 bits per heavy atom. The summed E-state index contributed by atoms with van der Waals surface area (Å²) in [7, 11) is 1.89. The average Bonchev–Trinajstić information content (AvgIpc) is 3.20. The Labute approximate surface area is 153 Å². The van der Waals surface area contributed by atoms with E-state index in [1.807, 2.05) is 11.9 Å². The fourth-order valence-corrected chi connectivity index (χ4v) is 4.28. The largest absolute Gasteiger partial charge is 0.452 e. The van der Waals surface area contributed by atoms with Crippen molar-refractivity contribution in [2.45, 2.75) is 25.9 Å². The van der Waals surface area contributed by atoms with Gasteiger partial charge in [-0.25, -0.2) is 0 Å². The average molecular weight is 387 g/mol. The van der Waals surface area contributed by atoms with E-state index in [2.05, 4.69) is 15.0 Å². The minimum atomic E-state index is -4.58. The maximum absolute atomic E-state index is 12.9. The van der Waals surface area contributed by atoms with Crippen LogP contribution in [0.2, 0.25) is 0 Å². The zero-order valence-corrected chi connectivity index (χ0v) is 15.3. The maximum Gasteiger partial charge on any atom is 0.452 e. The standard InChI is InChI=1S/C17H20F3N3O2S/c1-10-14(22-25-15(10)17(18,19)20)12-5-6-13(26-12)16(24)23-7-3-4-11(9-23)8-21-2/h5-6,11,21H,3-4,7-9H2,1-2H3/t11-/m1/s1. The van der Waals surface area contributed by atoms with Gasteiger partial charge in [-0.1, -0.05) is 5.16 Å². The molecule has 2 aromatic heterocycles. The van der Waals surface area contributed by atoms with Crippen molar-refractivity contribution in [3.05, 3.63) is 28.3 Å². The monoisotopic (exact) mass is 387 g/mol. The molecule has 3 rings (SSSR count). The molecule has 1 N–H and O–H groups in total. The Bertz CT molecular complexity index is 783. The number of hydrogen-bond acceptors (Lipinski definition) is 5. The normalized spacial score (nSPS) is 18.3. The van der Waals surface area contributed by atoms with Crippen LogP contribution in [0.25, 0.3) is 10.6 Å². The molecule has 5 nitrogen and oxygen atoms in total. The van der Waals surface area contributed by atoms with E-state index < -0.39 is 11.9 Å². The molecule has 26 heavy (non-hydrogen) atoms. The lowest BCUT2D eigenvalue weighted by molar-refractivity contribution is -0.156. The van der Waals surface area contributed by atoms with Gasteiger partial charge < -0.3 is 14.7 Å². The fraction of sp³-hybridized carbons (Fsp3) is 0.529. The Morgan fingerprint density at radius 2 is 2.23 bits per heavy atom. The number of piperidine rings is 1. The lowest BCUT2D eigenvalue weighted by atomic mass is 9.98. The fourth-order valence-electron chi connectivity index (χ4n) is 3.27. The summed E-state index contributed by atoms with van der Waals surface area (Å²) in [6, 6.07) is 3.27. The molecule has 1 aliphatic rings. The summed E-state index contributed by atoms with van der Waals surface area (Å²) in [6.07, 6.45) is -2.55. The van der Waals surface area contributed by atoms with Crippen LogP contribution < -0.4 is 5.32 Å². The Hall–Kier alpha value is -1.87. The molecule has 1 fully saturated rings. The number of amides is 1. The third kappa shape index (κ3) is 3.78. The summed E-state index contributed by atoms with van der Waals surface area (Å²) in [5.41, 5.74) is 0.0680. The van der Waals surface area contributed by atoms with Gasteiger partial charge >= 0.3 is 6.18 Å². The van der Waals surface area contributed by atoms with Crippen molar-refractivity contribution >= 4 is 17.2 Å². The highest BCUT2D eigenvalue weighted by Gasteiger charge is 2.39. The highest BCUT2D eigenvalue weighted by atomic mass is 32.1. The molecule has 1 saturated heterocycles. The van der Waals surface area contributed by atoms with Crippen molar-refractivity contribution < 1.29 is 22.5 Å². The predicted molar refractivity (Wildman–Crippen MR) is 92.1 cm³/mol. The second-order valence-electron chi connectivity index (χ2n) is 6.46. The molecule has 0 aromatic carbocycles. The Balaban J connectivity index is 1.78. The van der Waals surface area contributed by atoms with E-state index in [0.29, 0.717) is 28.8 Å². The second kappa shape index (κ2) is 7.40. The first-order chi connectivity index (χ1) is 12.3. The molecular formula is C17H20F3N3O2S. The molecule has 0 saturated carbocycles. The number of carbonyl (C=O) groups is 1. The van der Waals surface area contributed by atoms with Gasteiger partial charge in [-0.05, 0) is 51.4 Å². The number of rotatable bonds is 4. The SMILES string of the molecule is CNC[C@H]1CCCN(C(=O)c2ccc(-c3noc(C(F)(F)F)c3C)s2)C1. The van der Waals surface area contributed by atoms with Gasteiger partial charge in [0.25, 0.3) is 5.91 Å². The van der Waals surface area contributed by atoms with Gasteiger partial charge in [0.2, 0.25) is 5.76 Å². The molecule has 1 amide bonds. The van der Waals surface area contributed by atoms with Gasteiger partial charge in [-0.15, -0.1) is 11.3 Å². The van der Waals surface area contributed by atoms with Crippen molar-refractivity contribution in [1.82, 2.24) is 15.4 Å². The van der Waals surface area contributed by atoms with Crippen molar-refractivity contribution in [1.29, 1.82) is 0 Å². The van der Waals surface area contributed by atoms with Crippen LogP contribution >= 0.6 is 11.3 Å². The van der Waals surface area contributed by atoms with Crippen LogP contribution in [-0.2, 0) is 6.18 Å². The number of likely N-dealkylation sites (tertiary alicyclic amines) is 1. The molecule has 1 atom stereocenters. The van der Waals surface area contributed by atoms with Gasteiger partial charge in [0.05, 0.1) is 9.75 Å². The molecule has 0 spiro atoms. The van der Waals surface area contributed by atoms with Crippen molar-refractivity contribution in [3.63, 3.8) is 0 Å². The van der Waals surface area contributed by atoms with E-state index in [4.69, 9.17) is 0 Å². The Morgan fingerprint density at radius 1 is 1.46 bits per heavy atom. The van der Waals surface area contributed by atoms with Gasteiger partial charge in [0.1, 0.15) is 5.69 Å². The van der Waals surface area contributed by atoms with E-state index in [1.54, 1.807) is 12.1 Å². The molecule has 0 bridgehead atoms. The molecule has 0 unspecified atom stereocenters. The predicted octanol–water partition coefficient (Wildman–Crippen LogP) is 3.80. The van der Waals surface area contributed by atoms with Gasteiger partial charge in [-0.3, -0.25) is 4.79 Å². The number of nitrogens with zero attached hydrogens (tertiary/aromatic N) is 2. The molecule has 142 valence electrons. The van der Waals surface area contributed by atoms with E-state index in [0.717, 1.165) is 30.7 Å². The number of halogens is 3. The number of hydrogen-bond donors (Lipinski definition) is 1. The van der Waals surface area contributed by atoms with Gasteiger partial charge in [-0.2, -0.15) is 13.2 Å². The number of alkyl halides is 3. The zero-order chi connectivity index (χ0) is 18.9. The van der Waals surface area contributed by atoms with E-state index in [9.17, 15) is 18.0 Å². The van der Waals surface area contributed by atoms with Crippen LogP contribution in [0.15, 0.2) is 16.7 Å². The maximum atomic E-state index is 12.9.